The zero-order chi connectivity index (χ0) is 17.8. The number of para-hydroxylation sites is 1. The highest BCUT2D eigenvalue weighted by Crippen LogP contribution is 2.08. The molecule has 7 nitrogen and oxygen atoms in total. The summed E-state index contributed by atoms with van der Waals surface area (Å²) in [6.07, 6.45) is 0.615. The maximum atomic E-state index is 11.5. The molecule has 0 heterocycles. The number of urea groups is 1. The van der Waals surface area contributed by atoms with Crippen LogP contribution in [0.4, 0.5) is 4.79 Å². The first-order chi connectivity index (χ1) is 11.5. The third-order valence-corrected chi connectivity index (χ3v) is 2.83. The Kier molecular flexibility index (Phi) is 8.96. The molecule has 0 atom stereocenters. The molecule has 0 fully saturated rings. The van der Waals surface area contributed by atoms with E-state index in [-0.39, 0.29) is 12.3 Å². The van der Waals surface area contributed by atoms with Gasteiger partial charge in [-0.15, -0.1) is 0 Å². The van der Waals surface area contributed by atoms with E-state index >= 15 is 0 Å². The van der Waals surface area contributed by atoms with Gasteiger partial charge in [-0.2, -0.15) is 0 Å². The average Bonchev–Trinajstić information content (AvgIpc) is 2.56. The summed E-state index contributed by atoms with van der Waals surface area (Å²) < 4.78 is 10.2. The minimum Gasteiger partial charge on any atom is -0.494 e. The number of imide groups is 1. The zero-order valence-corrected chi connectivity index (χ0v) is 14.0. The lowest BCUT2D eigenvalue weighted by atomic mass is 10.2. The van der Waals surface area contributed by atoms with Gasteiger partial charge in [0.2, 0.25) is 0 Å². The van der Waals surface area contributed by atoms with E-state index in [1.54, 1.807) is 0 Å². The van der Waals surface area contributed by atoms with Crippen molar-refractivity contribution in [1.82, 2.24) is 10.6 Å². The Hall–Kier alpha value is -2.57. The number of carbonyl (C=O) groups is 3. The Morgan fingerprint density at radius 2 is 1.83 bits per heavy atom. The normalized spacial score (nSPS) is 10.1. The molecule has 0 unspecified atom stereocenters. The van der Waals surface area contributed by atoms with Crippen LogP contribution in [-0.4, -0.2) is 37.7 Å². The summed E-state index contributed by atoms with van der Waals surface area (Å²) in [4.78, 5) is 34.3. The number of nitrogens with one attached hydrogen (secondary N) is 2. The molecule has 1 aromatic rings. The number of rotatable bonds is 9. The van der Waals surface area contributed by atoms with Gasteiger partial charge >= 0.3 is 12.0 Å². The van der Waals surface area contributed by atoms with Gasteiger partial charge in [0, 0.05) is 13.0 Å². The van der Waals surface area contributed by atoms with Crippen LogP contribution in [0.15, 0.2) is 30.3 Å². The van der Waals surface area contributed by atoms with Gasteiger partial charge in [-0.25, -0.2) is 4.79 Å². The van der Waals surface area contributed by atoms with Crippen molar-refractivity contribution < 1.29 is 23.9 Å². The second-order valence-corrected chi connectivity index (χ2v) is 5.58. The van der Waals surface area contributed by atoms with Crippen molar-refractivity contribution in [2.75, 3.05) is 19.8 Å². The topological polar surface area (TPSA) is 93.7 Å². The van der Waals surface area contributed by atoms with E-state index in [4.69, 9.17) is 9.47 Å². The SMILES string of the molecule is CC(C)CNC(=O)NC(=O)COC(=O)CCCOc1ccccc1. The largest absolute Gasteiger partial charge is 0.494 e. The van der Waals surface area contributed by atoms with Crippen LogP contribution in [0.3, 0.4) is 0 Å². The van der Waals surface area contributed by atoms with Gasteiger partial charge in [-0.3, -0.25) is 14.9 Å². The molecule has 0 aliphatic heterocycles. The number of hydrogen-bond acceptors (Lipinski definition) is 5. The maximum absolute atomic E-state index is 11.5. The number of carbonyl (C=O) groups excluding carboxylic acids is 3. The molecule has 0 spiro atoms. The fraction of sp³-hybridized carbons (Fsp3) is 0.471. The van der Waals surface area contributed by atoms with E-state index < -0.39 is 24.5 Å². The van der Waals surface area contributed by atoms with Crippen molar-refractivity contribution in [3.05, 3.63) is 30.3 Å². The first-order valence-corrected chi connectivity index (χ1v) is 7.88. The lowest BCUT2D eigenvalue weighted by molar-refractivity contribution is -0.148. The molecule has 0 saturated carbocycles. The van der Waals surface area contributed by atoms with Gasteiger partial charge < -0.3 is 14.8 Å². The molecular formula is C17H24N2O5. The first kappa shape index (κ1) is 19.5. The zero-order valence-electron chi connectivity index (χ0n) is 14.0. The molecule has 0 aliphatic carbocycles. The minimum absolute atomic E-state index is 0.139. The summed E-state index contributed by atoms with van der Waals surface area (Å²) in [5.41, 5.74) is 0. The quantitative estimate of drug-likeness (QED) is 0.530. The Bertz CT molecular complexity index is 531. The highest BCUT2D eigenvalue weighted by atomic mass is 16.5. The third-order valence-electron chi connectivity index (χ3n) is 2.83. The number of benzene rings is 1. The molecule has 1 aromatic carbocycles. The molecule has 0 radical (unpaired) electrons. The molecular weight excluding hydrogens is 312 g/mol. The van der Waals surface area contributed by atoms with Crippen molar-refractivity contribution >= 4 is 17.9 Å². The lowest BCUT2D eigenvalue weighted by Crippen LogP contribution is -2.42. The summed E-state index contributed by atoms with van der Waals surface area (Å²) >= 11 is 0. The number of ether oxygens (including phenoxy) is 2. The van der Waals surface area contributed by atoms with Gasteiger partial charge in [0.1, 0.15) is 5.75 Å². The highest BCUT2D eigenvalue weighted by molar-refractivity contribution is 5.95. The fourth-order valence-electron chi connectivity index (χ4n) is 1.65. The van der Waals surface area contributed by atoms with Gasteiger partial charge in [0.15, 0.2) is 6.61 Å². The monoisotopic (exact) mass is 336 g/mol. The smallest absolute Gasteiger partial charge is 0.321 e. The Morgan fingerprint density at radius 1 is 1.12 bits per heavy atom. The second kappa shape index (κ2) is 11.0. The summed E-state index contributed by atoms with van der Waals surface area (Å²) in [5.74, 6) is -0.158. The summed E-state index contributed by atoms with van der Waals surface area (Å²) in [5, 5.41) is 4.62. The van der Waals surface area contributed by atoms with E-state index in [2.05, 4.69) is 10.6 Å². The molecule has 1 rings (SSSR count). The summed E-state index contributed by atoms with van der Waals surface area (Å²) in [6, 6.07) is 8.67. The van der Waals surface area contributed by atoms with E-state index in [1.165, 1.54) is 0 Å². The molecule has 132 valence electrons. The van der Waals surface area contributed by atoms with E-state index in [0.29, 0.717) is 19.6 Å². The van der Waals surface area contributed by atoms with Crippen molar-refractivity contribution in [2.45, 2.75) is 26.7 Å². The van der Waals surface area contributed by atoms with Crippen LogP contribution >= 0.6 is 0 Å². The van der Waals surface area contributed by atoms with Crippen LogP contribution in [-0.2, 0) is 14.3 Å². The maximum Gasteiger partial charge on any atom is 0.321 e. The van der Waals surface area contributed by atoms with Crippen LogP contribution < -0.4 is 15.4 Å². The standard InChI is InChI=1S/C17H24N2O5/c1-13(2)11-18-17(22)19-15(20)12-24-16(21)9-6-10-23-14-7-4-3-5-8-14/h3-5,7-8,13H,6,9-12H2,1-2H3,(H2,18,19,20,22). The molecule has 3 amide bonds. The van der Waals surface area contributed by atoms with E-state index in [9.17, 15) is 14.4 Å². The van der Waals surface area contributed by atoms with E-state index in [0.717, 1.165) is 5.75 Å². The van der Waals surface area contributed by atoms with Gasteiger partial charge in [-0.1, -0.05) is 32.0 Å². The van der Waals surface area contributed by atoms with E-state index in [1.807, 2.05) is 44.2 Å². The van der Waals surface area contributed by atoms with Crippen LogP contribution in [0.25, 0.3) is 0 Å². The van der Waals surface area contributed by atoms with Crippen LogP contribution in [0.2, 0.25) is 0 Å². The average molecular weight is 336 g/mol. The number of amides is 3. The highest BCUT2D eigenvalue weighted by Gasteiger charge is 2.11. The van der Waals surface area contributed by atoms with Crippen LogP contribution in [0.1, 0.15) is 26.7 Å². The molecule has 2 N–H and O–H groups in total. The number of esters is 1. The molecule has 7 heteroatoms. The second-order valence-electron chi connectivity index (χ2n) is 5.58. The summed E-state index contributed by atoms with van der Waals surface area (Å²) in [7, 11) is 0. The molecule has 0 aromatic heterocycles. The predicted molar refractivity (Wildman–Crippen MR) is 88.5 cm³/mol. The van der Waals surface area contributed by atoms with Crippen molar-refractivity contribution in [3.8, 4) is 5.75 Å². The molecule has 0 bridgehead atoms. The first-order valence-electron chi connectivity index (χ1n) is 7.88. The van der Waals surface area contributed by atoms with Crippen molar-refractivity contribution in [1.29, 1.82) is 0 Å². The molecule has 24 heavy (non-hydrogen) atoms. The number of hydrogen-bond donors (Lipinski definition) is 2. The Labute approximate surface area is 141 Å². The van der Waals surface area contributed by atoms with Crippen LogP contribution in [0, 0.1) is 5.92 Å². The predicted octanol–water partition coefficient (Wildman–Crippen LogP) is 1.87. The molecule has 0 saturated heterocycles. The van der Waals surface area contributed by atoms with Gasteiger partial charge in [-0.05, 0) is 24.5 Å². The van der Waals surface area contributed by atoms with Gasteiger partial charge in [0.25, 0.3) is 5.91 Å². The lowest BCUT2D eigenvalue weighted by Gasteiger charge is -2.09. The minimum atomic E-state index is -0.662. The Morgan fingerprint density at radius 3 is 2.50 bits per heavy atom. The van der Waals surface area contributed by atoms with Crippen LogP contribution in [0.5, 0.6) is 5.75 Å². The Balaban J connectivity index is 2.08. The van der Waals surface area contributed by atoms with Crippen molar-refractivity contribution in [3.63, 3.8) is 0 Å². The van der Waals surface area contributed by atoms with Crippen molar-refractivity contribution in [2.24, 2.45) is 5.92 Å². The van der Waals surface area contributed by atoms with Gasteiger partial charge in [0.05, 0.1) is 6.61 Å². The third kappa shape index (κ3) is 9.45. The summed E-state index contributed by atoms with van der Waals surface area (Å²) in [6.45, 7) is 4.23. The molecule has 0 aliphatic rings. The fourth-order valence-corrected chi connectivity index (χ4v) is 1.65.